The van der Waals surface area contributed by atoms with Crippen LogP contribution in [0, 0.1) is 0 Å². The van der Waals surface area contributed by atoms with Gasteiger partial charge in [0.25, 0.3) is 0 Å². The molecule has 0 saturated heterocycles. The Hall–Kier alpha value is -0.613. The number of hydrogen-bond acceptors (Lipinski definition) is 2. The molecule has 0 aliphatic rings. The van der Waals surface area contributed by atoms with Crippen LogP contribution in [-0.4, -0.2) is 24.2 Å². The van der Waals surface area contributed by atoms with Crippen LogP contribution in [0.25, 0.3) is 0 Å². The van der Waals surface area contributed by atoms with Gasteiger partial charge in [0.1, 0.15) is 6.73 Å². The molecule has 17 heavy (non-hydrogen) atoms. The molecule has 0 aromatic carbocycles. The summed E-state index contributed by atoms with van der Waals surface area (Å²) in [6, 6.07) is 1.21. The van der Waals surface area contributed by atoms with Crippen molar-refractivity contribution in [3.63, 3.8) is 0 Å². The Labute approximate surface area is 106 Å². The SMILES string of the molecule is CC(C)(C)c1cncn1COCC[Si](C)(C)C. The molecular formula is C13H26N2OSi. The van der Waals surface area contributed by atoms with Crippen LogP contribution in [0.15, 0.2) is 12.5 Å². The summed E-state index contributed by atoms with van der Waals surface area (Å²) < 4.78 is 7.85. The van der Waals surface area contributed by atoms with Crippen molar-refractivity contribution in [3.8, 4) is 0 Å². The van der Waals surface area contributed by atoms with Crippen molar-refractivity contribution in [2.75, 3.05) is 6.61 Å². The van der Waals surface area contributed by atoms with Crippen LogP contribution in [0.2, 0.25) is 25.7 Å². The van der Waals surface area contributed by atoms with Gasteiger partial charge >= 0.3 is 0 Å². The molecule has 0 aliphatic carbocycles. The summed E-state index contributed by atoms with van der Waals surface area (Å²) in [5, 5.41) is 0. The minimum Gasteiger partial charge on any atom is -0.361 e. The molecule has 0 fully saturated rings. The fraction of sp³-hybridized carbons (Fsp3) is 0.769. The van der Waals surface area contributed by atoms with Gasteiger partial charge in [0.2, 0.25) is 0 Å². The van der Waals surface area contributed by atoms with Gasteiger partial charge in [-0.2, -0.15) is 0 Å². The highest BCUT2D eigenvalue weighted by molar-refractivity contribution is 6.76. The Kier molecular flexibility index (Phi) is 4.55. The van der Waals surface area contributed by atoms with Crippen molar-refractivity contribution in [2.24, 2.45) is 0 Å². The lowest BCUT2D eigenvalue weighted by Crippen LogP contribution is -2.23. The molecule has 1 aromatic rings. The van der Waals surface area contributed by atoms with Crippen molar-refractivity contribution in [1.82, 2.24) is 9.55 Å². The van der Waals surface area contributed by atoms with Crippen LogP contribution in [0.3, 0.4) is 0 Å². The Morgan fingerprint density at radius 3 is 2.47 bits per heavy atom. The number of nitrogens with zero attached hydrogens (tertiary/aromatic N) is 2. The molecule has 1 heterocycles. The molecule has 0 unspecified atom stereocenters. The quantitative estimate of drug-likeness (QED) is 0.594. The van der Waals surface area contributed by atoms with Crippen molar-refractivity contribution in [1.29, 1.82) is 0 Å². The molecular weight excluding hydrogens is 228 g/mol. The van der Waals surface area contributed by atoms with Crippen LogP contribution in [0.5, 0.6) is 0 Å². The molecule has 0 amide bonds. The molecule has 0 N–H and O–H groups in total. The van der Waals surface area contributed by atoms with E-state index in [0.29, 0.717) is 6.73 Å². The van der Waals surface area contributed by atoms with Crippen molar-refractivity contribution in [3.05, 3.63) is 18.2 Å². The monoisotopic (exact) mass is 254 g/mol. The Morgan fingerprint density at radius 2 is 1.94 bits per heavy atom. The third-order valence-corrected chi connectivity index (χ3v) is 4.41. The van der Waals surface area contributed by atoms with Gasteiger partial charge in [-0.1, -0.05) is 40.4 Å². The largest absolute Gasteiger partial charge is 0.361 e. The van der Waals surface area contributed by atoms with E-state index in [9.17, 15) is 0 Å². The van der Waals surface area contributed by atoms with Crippen LogP contribution in [-0.2, 0) is 16.9 Å². The number of aromatic nitrogens is 2. The minimum absolute atomic E-state index is 0.124. The van der Waals surface area contributed by atoms with Crippen molar-refractivity contribution >= 4 is 8.07 Å². The zero-order chi connectivity index (χ0) is 13.1. The van der Waals surface area contributed by atoms with Gasteiger partial charge in [0, 0.05) is 32.0 Å². The first-order valence-electron chi connectivity index (χ1n) is 6.28. The van der Waals surface area contributed by atoms with Crippen molar-refractivity contribution < 1.29 is 4.74 Å². The molecule has 0 bridgehead atoms. The van der Waals surface area contributed by atoms with E-state index in [1.165, 1.54) is 11.7 Å². The Morgan fingerprint density at radius 1 is 1.29 bits per heavy atom. The van der Waals surface area contributed by atoms with E-state index in [1.54, 1.807) is 0 Å². The first-order chi connectivity index (χ1) is 7.70. The Bertz CT molecular complexity index is 347. The second-order valence-corrected chi connectivity index (χ2v) is 12.5. The predicted molar refractivity (Wildman–Crippen MR) is 75.0 cm³/mol. The average molecular weight is 254 g/mol. The summed E-state index contributed by atoms with van der Waals surface area (Å²) in [5.74, 6) is 0. The summed E-state index contributed by atoms with van der Waals surface area (Å²) in [6.07, 6.45) is 3.79. The van der Waals surface area contributed by atoms with Crippen LogP contribution in [0.1, 0.15) is 26.5 Å². The summed E-state index contributed by atoms with van der Waals surface area (Å²) in [7, 11) is -0.979. The van der Waals surface area contributed by atoms with Crippen LogP contribution < -0.4 is 0 Å². The van der Waals surface area contributed by atoms with Gasteiger partial charge in [-0.05, 0) is 6.04 Å². The van der Waals surface area contributed by atoms with Crippen LogP contribution in [0.4, 0.5) is 0 Å². The Balaban J connectivity index is 2.45. The van der Waals surface area contributed by atoms with E-state index in [2.05, 4.69) is 50.0 Å². The van der Waals surface area contributed by atoms with Gasteiger partial charge in [0.15, 0.2) is 0 Å². The normalized spacial score (nSPS) is 13.1. The van der Waals surface area contributed by atoms with E-state index in [-0.39, 0.29) is 5.41 Å². The smallest absolute Gasteiger partial charge is 0.124 e. The van der Waals surface area contributed by atoms with E-state index in [1.807, 2.05) is 12.5 Å². The summed E-state index contributed by atoms with van der Waals surface area (Å²) >= 11 is 0. The molecule has 1 rings (SSSR count). The lowest BCUT2D eigenvalue weighted by molar-refractivity contribution is 0.0834. The molecule has 0 radical (unpaired) electrons. The minimum atomic E-state index is -0.979. The summed E-state index contributed by atoms with van der Waals surface area (Å²) in [4.78, 5) is 4.21. The lowest BCUT2D eigenvalue weighted by Gasteiger charge is -2.21. The number of imidazole rings is 1. The first-order valence-corrected chi connectivity index (χ1v) is 9.99. The maximum Gasteiger partial charge on any atom is 0.124 e. The van der Waals surface area contributed by atoms with E-state index in [0.717, 1.165) is 6.61 Å². The summed E-state index contributed by atoms with van der Waals surface area (Å²) in [6.45, 7) is 15.2. The van der Waals surface area contributed by atoms with E-state index < -0.39 is 8.07 Å². The van der Waals surface area contributed by atoms with Crippen molar-refractivity contribution in [2.45, 2.75) is 58.6 Å². The average Bonchev–Trinajstić information content (AvgIpc) is 2.58. The van der Waals surface area contributed by atoms with Gasteiger partial charge < -0.3 is 9.30 Å². The molecule has 0 spiro atoms. The van der Waals surface area contributed by atoms with Gasteiger partial charge in [-0.3, -0.25) is 0 Å². The zero-order valence-corrected chi connectivity index (χ0v) is 13.1. The fourth-order valence-corrected chi connectivity index (χ4v) is 2.35. The number of hydrogen-bond donors (Lipinski definition) is 0. The lowest BCUT2D eigenvalue weighted by atomic mass is 9.93. The molecule has 0 saturated carbocycles. The van der Waals surface area contributed by atoms with Crippen LogP contribution >= 0.6 is 0 Å². The van der Waals surface area contributed by atoms with Gasteiger partial charge in [-0.25, -0.2) is 4.98 Å². The molecule has 3 nitrogen and oxygen atoms in total. The molecule has 0 aliphatic heterocycles. The number of rotatable bonds is 5. The molecule has 98 valence electrons. The zero-order valence-electron chi connectivity index (χ0n) is 12.1. The molecule has 1 aromatic heterocycles. The molecule has 0 atom stereocenters. The summed E-state index contributed by atoms with van der Waals surface area (Å²) in [5.41, 5.74) is 1.35. The van der Waals surface area contributed by atoms with Gasteiger partial charge in [-0.15, -0.1) is 0 Å². The third kappa shape index (κ3) is 5.04. The highest BCUT2D eigenvalue weighted by Crippen LogP contribution is 2.21. The second kappa shape index (κ2) is 5.36. The topological polar surface area (TPSA) is 27.1 Å². The first kappa shape index (κ1) is 14.4. The standard InChI is InChI=1S/C13H26N2OSi/c1-13(2,3)12-9-14-10-15(12)11-16-7-8-17(4,5)6/h9-10H,7-8,11H2,1-6H3. The highest BCUT2D eigenvalue weighted by atomic mass is 28.3. The third-order valence-electron chi connectivity index (χ3n) is 2.71. The highest BCUT2D eigenvalue weighted by Gasteiger charge is 2.18. The fourth-order valence-electron chi connectivity index (χ4n) is 1.59. The predicted octanol–water partition coefficient (Wildman–Crippen LogP) is 3.49. The second-order valence-electron chi connectivity index (χ2n) is 6.85. The van der Waals surface area contributed by atoms with E-state index in [4.69, 9.17) is 4.74 Å². The number of ether oxygens (including phenoxy) is 1. The maximum absolute atomic E-state index is 5.75. The van der Waals surface area contributed by atoms with Gasteiger partial charge in [0.05, 0.1) is 6.33 Å². The van der Waals surface area contributed by atoms with E-state index >= 15 is 0 Å². The molecule has 4 heteroatoms. The maximum atomic E-state index is 5.75.